The van der Waals surface area contributed by atoms with Gasteiger partial charge in [-0.1, -0.05) is 6.07 Å². The van der Waals surface area contributed by atoms with Crippen LogP contribution in [0.2, 0.25) is 0 Å². The van der Waals surface area contributed by atoms with E-state index in [0.29, 0.717) is 16.4 Å². The van der Waals surface area contributed by atoms with Gasteiger partial charge in [-0.2, -0.15) is 0 Å². The van der Waals surface area contributed by atoms with E-state index in [9.17, 15) is 14.4 Å². The number of nitrogens with zero attached hydrogens (tertiary/aromatic N) is 1. The summed E-state index contributed by atoms with van der Waals surface area (Å²) in [6.45, 7) is 1.97. The molecule has 0 saturated carbocycles. The molecule has 0 aliphatic rings. The number of furan rings is 1. The van der Waals surface area contributed by atoms with E-state index < -0.39 is 5.97 Å². The maximum absolute atomic E-state index is 12.1. The zero-order chi connectivity index (χ0) is 17.7. The number of carbonyl (C=O) groups excluding carboxylic acids is 2. The maximum Gasteiger partial charge on any atom is 0.339 e. The van der Waals surface area contributed by atoms with Crippen molar-refractivity contribution >= 4 is 29.1 Å². The number of carboxylic acids is 1. The summed E-state index contributed by atoms with van der Waals surface area (Å²) in [6, 6.07) is 4.92. The van der Waals surface area contributed by atoms with Crippen molar-refractivity contribution in [2.45, 2.75) is 19.9 Å². The van der Waals surface area contributed by atoms with E-state index >= 15 is 0 Å². The molecule has 0 aromatic carbocycles. The maximum atomic E-state index is 12.1. The summed E-state index contributed by atoms with van der Waals surface area (Å²) in [5.41, 5.74) is 0.0917. The molecule has 2 rings (SSSR count). The van der Waals surface area contributed by atoms with E-state index in [-0.39, 0.29) is 36.9 Å². The highest BCUT2D eigenvalue weighted by atomic mass is 32.1. The summed E-state index contributed by atoms with van der Waals surface area (Å²) in [7, 11) is 1.60. The molecule has 2 aromatic heterocycles. The Labute approximate surface area is 142 Å². The number of thiophene rings is 1. The summed E-state index contributed by atoms with van der Waals surface area (Å²) in [5.74, 6) is -0.724. The lowest BCUT2D eigenvalue weighted by molar-refractivity contribution is -0.130. The van der Waals surface area contributed by atoms with Crippen molar-refractivity contribution in [2.75, 3.05) is 13.6 Å². The minimum atomic E-state index is -1.06. The van der Waals surface area contributed by atoms with E-state index in [0.717, 1.165) is 0 Å². The van der Waals surface area contributed by atoms with E-state index in [4.69, 9.17) is 9.52 Å². The average Bonchev–Trinajstić information content (AvgIpc) is 3.16. The van der Waals surface area contributed by atoms with Gasteiger partial charge in [0.1, 0.15) is 17.1 Å². The highest BCUT2D eigenvalue weighted by molar-refractivity contribution is 7.12. The van der Waals surface area contributed by atoms with Gasteiger partial charge in [0.05, 0.1) is 11.4 Å². The van der Waals surface area contributed by atoms with Crippen LogP contribution in [0.25, 0.3) is 0 Å². The largest absolute Gasteiger partial charge is 0.478 e. The molecule has 128 valence electrons. The van der Waals surface area contributed by atoms with Crippen LogP contribution >= 0.6 is 11.3 Å². The lowest BCUT2D eigenvalue weighted by atomic mass is 10.2. The SMILES string of the molecule is Cc1oc(CN(C)C(=O)CCNC(=O)c2cccs2)cc1C(=O)O. The van der Waals surface area contributed by atoms with Gasteiger partial charge in [-0.25, -0.2) is 4.79 Å². The Bertz CT molecular complexity index is 736. The van der Waals surface area contributed by atoms with Gasteiger partial charge >= 0.3 is 5.97 Å². The highest BCUT2D eigenvalue weighted by Gasteiger charge is 2.17. The van der Waals surface area contributed by atoms with Crippen molar-refractivity contribution in [2.24, 2.45) is 0 Å². The third-order valence-electron chi connectivity index (χ3n) is 3.39. The second-order valence-electron chi connectivity index (χ2n) is 5.22. The molecule has 0 atom stereocenters. The summed E-state index contributed by atoms with van der Waals surface area (Å²) in [5, 5.41) is 13.5. The van der Waals surface area contributed by atoms with E-state index in [1.807, 2.05) is 5.38 Å². The van der Waals surface area contributed by atoms with Crippen molar-refractivity contribution in [1.29, 1.82) is 0 Å². The van der Waals surface area contributed by atoms with Crippen LogP contribution in [0.1, 0.15) is 38.0 Å². The van der Waals surface area contributed by atoms with Crippen molar-refractivity contribution in [1.82, 2.24) is 10.2 Å². The Hall–Kier alpha value is -2.61. The number of hydrogen-bond acceptors (Lipinski definition) is 5. The van der Waals surface area contributed by atoms with Crippen LogP contribution < -0.4 is 5.32 Å². The molecule has 0 aliphatic heterocycles. The molecule has 0 radical (unpaired) electrons. The Morgan fingerprint density at radius 2 is 2.12 bits per heavy atom. The topological polar surface area (TPSA) is 99.9 Å². The van der Waals surface area contributed by atoms with Crippen LogP contribution in [0.3, 0.4) is 0 Å². The first kappa shape index (κ1) is 17.7. The first-order valence-electron chi connectivity index (χ1n) is 7.26. The number of rotatable bonds is 7. The molecule has 0 aliphatic carbocycles. The van der Waals surface area contributed by atoms with E-state index in [1.165, 1.54) is 22.3 Å². The lowest BCUT2D eigenvalue weighted by Gasteiger charge is -2.15. The third kappa shape index (κ3) is 4.45. The molecule has 2 N–H and O–H groups in total. The summed E-state index contributed by atoms with van der Waals surface area (Å²) in [6.07, 6.45) is 0.152. The average molecular weight is 350 g/mol. The monoisotopic (exact) mass is 350 g/mol. The minimum absolute atomic E-state index is 0.0917. The number of amides is 2. The van der Waals surface area contributed by atoms with Gasteiger partial charge in [0.15, 0.2) is 0 Å². The fourth-order valence-electron chi connectivity index (χ4n) is 2.12. The van der Waals surface area contributed by atoms with Crippen LogP contribution in [-0.4, -0.2) is 41.4 Å². The second kappa shape index (κ2) is 7.78. The fourth-order valence-corrected chi connectivity index (χ4v) is 2.76. The zero-order valence-corrected chi connectivity index (χ0v) is 14.2. The lowest BCUT2D eigenvalue weighted by Crippen LogP contribution is -2.31. The molecule has 0 fully saturated rings. The Morgan fingerprint density at radius 3 is 2.71 bits per heavy atom. The van der Waals surface area contributed by atoms with Crippen molar-refractivity contribution in [3.63, 3.8) is 0 Å². The molecular formula is C16H18N2O5S. The number of hydrogen-bond donors (Lipinski definition) is 2. The Kier molecular flexibility index (Phi) is 5.75. The van der Waals surface area contributed by atoms with Crippen LogP contribution in [0.15, 0.2) is 28.0 Å². The summed E-state index contributed by atoms with van der Waals surface area (Å²) >= 11 is 1.34. The predicted octanol–water partition coefficient (Wildman–Crippen LogP) is 2.13. The quantitative estimate of drug-likeness (QED) is 0.797. The molecule has 2 amide bonds. The minimum Gasteiger partial charge on any atom is -0.478 e. The number of nitrogens with one attached hydrogen (secondary N) is 1. The predicted molar refractivity (Wildman–Crippen MR) is 88.1 cm³/mol. The first-order chi connectivity index (χ1) is 11.4. The van der Waals surface area contributed by atoms with Gasteiger partial charge in [-0.15, -0.1) is 11.3 Å². The van der Waals surface area contributed by atoms with Crippen LogP contribution in [0.5, 0.6) is 0 Å². The number of carboxylic acid groups (broad SMARTS) is 1. The molecule has 0 unspecified atom stereocenters. The smallest absolute Gasteiger partial charge is 0.339 e. The second-order valence-corrected chi connectivity index (χ2v) is 6.17. The van der Waals surface area contributed by atoms with E-state index in [1.54, 1.807) is 26.1 Å². The zero-order valence-electron chi connectivity index (χ0n) is 13.4. The molecule has 0 saturated heterocycles. The van der Waals surface area contributed by atoms with Gasteiger partial charge in [-0.3, -0.25) is 9.59 Å². The highest BCUT2D eigenvalue weighted by Crippen LogP contribution is 2.16. The fraction of sp³-hybridized carbons (Fsp3) is 0.312. The Balaban J connectivity index is 1.81. The van der Waals surface area contributed by atoms with E-state index in [2.05, 4.69) is 5.32 Å². The summed E-state index contributed by atoms with van der Waals surface area (Å²) in [4.78, 5) is 36.8. The van der Waals surface area contributed by atoms with Gasteiger partial charge in [0, 0.05) is 20.0 Å². The first-order valence-corrected chi connectivity index (χ1v) is 8.14. The summed E-state index contributed by atoms with van der Waals surface area (Å²) < 4.78 is 5.35. The molecule has 0 bridgehead atoms. The molecule has 2 heterocycles. The van der Waals surface area contributed by atoms with Gasteiger partial charge in [0.2, 0.25) is 5.91 Å². The number of aryl methyl sites for hydroxylation is 1. The molecular weight excluding hydrogens is 332 g/mol. The van der Waals surface area contributed by atoms with Gasteiger partial charge < -0.3 is 19.7 Å². The number of carbonyl (C=O) groups is 3. The van der Waals surface area contributed by atoms with Crippen molar-refractivity contribution in [3.8, 4) is 0 Å². The molecule has 0 spiro atoms. The van der Waals surface area contributed by atoms with Gasteiger partial charge in [0.25, 0.3) is 5.91 Å². The van der Waals surface area contributed by atoms with Crippen LogP contribution in [0.4, 0.5) is 0 Å². The van der Waals surface area contributed by atoms with Gasteiger partial charge in [-0.05, 0) is 24.4 Å². The van der Waals surface area contributed by atoms with Crippen molar-refractivity contribution < 1.29 is 23.9 Å². The normalized spacial score (nSPS) is 10.4. The molecule has 8 heteroatoms. The molecule has 7 nitrogen and oxygen atoms in total. The van der Waals surface area contributed by atoms with Crippen LogP contribution in [0, 0.1) is 6.92 Å². The Morgan fingerprint density at radius 1 is 1.38 bits per heavy atom. The molecule has 24 heavy (non-hydrogen) atoms. The standard InChI is InChI=1S/C16H18N2O5S/c1-10-12(16(21)22)8-11(23-10)9-18(2)14(19)5-6-17-15(20)13-4-3-7-24-13/h3-4,7-8H,5-6,9H2,1-2H3,(H,17,20)(H,21,22). The third-order valence-corrected chi connectivity index (χ3v) is 4.26. The number of aromatic carboxylic acids is 1. The van der Waals surface area contributed by atoms with Crippen molar-refractivity contribution in [3.05, 3.63) is 45.5 Å². The molecule has 2 aromatic rings. The van der Waals surface area contributed by atoms with Crippen LogP contribution in [-0.2, 0) is 11.3 Å².